The van der Waals surface area contributed by atoms with E-state index in [1.807, 2.05) is 6.92 Å². The molecule has 39 heavy (non-hydrogen) atoms. The van der Waals surface area contributed by atoms with Gasteiger partial charge in [0.05, 0.1) is 23.8 Å². The number of rotatable bonds is 7. The summed E-state index contributed by atoms with van der Waals surface area (Å²) in [6, 6.07) is 13.4. The Hall–Kier alpha value is -3.41. The Morgan fingerprint density at radius 1 is 1.05 bits per heavy atom. The van der Waals surface area contributed by atoms with Gasteiger partial charge in [0.2, 0.25) is 0 Å². The fourth-order valence-electron chi connectivity index (χ4n) is 4.66. The van der Waals surface area contributed by atoms with Crippen molar-refractivity contribution >= 4 is 36.3 Å². The molecule has 206 valence electrons. The first-order valence-corrected chi connectivity index (χ1v) is 16.3. The molecule has 11 heteroatoms. The van der Waals surface area contributed by atoms with Crippen molar-refractivity contribution in [2.24, 2.45) is 17.3 Å². The minimum Gasteiger partial charge on any atom is -0.493 e. The van der Waals surface area contributed by atoms with Gasteiger partial charge in [-0.3, -0.25) is 4.79 Å². The molecule has 4 aromatic rings. The van der Waals surface area contributed by atoms with Crippen molar-refractivity contribution in [1.29, 1.82) is 0 Å². The topological polar surface area (TPSA) is 109 Å². The van der Waals surface area contributed by atoms with Crippen LogP contribution in [0.3, 0.4) is 0 Å². The number of pyridine rings is 1. The van der Waals surface area contributed by atoms with Crippen LogP contribution in [0, 0.1) is 12.8 Å². The van der Waals surface area contributed by atoms with E-state index in [1.165, 1.54) is 22.9 Å². The molecule has 1 unspecified atom stereocenters. The smallest absolute Gasteiger partial charge is 0.275 e. The summed E-state index contributed by atoms with van der Waals surface area (Å²) in [7, 11) is -4.90. The summed E-state index contributed by atoms with van der Waals surface area (Å²) in [6.45, 7) is 3.64. The fraction of sp³-hybridized carbons (Fsp3) is 0.321. The molecule has 0 N–H and O–H groups in total. The zero-order valence-corrected chi connectivity index (χ0v) is 23.9. The molecule has 3 heterocycles. The molecule has 1 saturated heterocycles. The van der Waals surface area contributed by atoms with E-state index in [9.17, 15) is 17.4 Å². The number of aromatic nitrogens is 2. The molecule has 2 aromatic heterocycles. The highest BCUT2D eigenvalue weighted by Gasteiger charge is 2.24. The van der Waals surface area contributed by atoms with Gasteiger partial charge >= 0.3 is 0 Å². The third-order valence-electron chi connectivity index (χ3n) is 6.64. The summed E-state index contributed by atoms with van der Waals surface area (Å²) in [5, 5.41) is 0.453. The molecule has 0 radical (unpaired) electrons. The molecule has 5 rings (SSSR count). The quantitative estimate of drug-likeness (QED) is 0.328. The third kappa shape index (κ3) is 5.52. The van der Waals surface area contributed by atoms with Crippen LogP contribution in [0.25, 0.3) is 22.0 Å². The highest BCUT2D eigenvalue weighted by Crippen LogP contribution is 2.38. The number of fused-ring (bicyclic) bond motifs is 1. The second kappa shape index (κ2) is 10.3. The van der Waals surface area contributed by atoms with E-state index < -0.39 is 25.3 Å². The minimum atomic E-state index is -4.04. The Labute approximate surface area is 228 Å². The second-order valence-corrected chi connectivity index (χ2v) is 14.5. The van der Waals surface area contributed by atoms with Crippen LogP contribution in [0.5, 0.6) is 5.75 Å². The predicted octanol–water partition coefficient (Wildman–Crippen LogP) is 4.33. The average Bonchev–Trinajstić information content (AvgIpc) is 3.55. The zero-order valence-electron chi connectivity index (χ0n) is 22.3. The van der Waals surface area contributed by atoms with Gasteiger partial charge in [0, 0.05) is 70.7 Å². The maximum Gasteiger partial charge on any atom is 0.275 e. The Balaban J connectivity index is 1.71. The van der Waals surface area contributed by atoms with Crippen LogP contribution in [0.2, 0.25) is 0 Å². The summed E-state index contributed by atoms with van der Waals surface area (Å²) in [5.74, 6) is 0.807. The van der Waals surface area contributed by atoms with Gasteiger partial charge in [-0.15, -0.1) is 0 Å². The normalized spacial score (nSPS) is 16.1. The monoisotopic (exact) mass is 569 g/mol. The van der Waals surface area contributed by atoms with Crippen LogP contribution >= 0.6 is 0 Å². The minimum absolute atomic E-state index is 0.0304. The average molecular weight is 570 g/mol. The van der Waals surface area contributed by atoms with E-state index in [-0.39, 0.29) is 16.3 Å². The first-order chi connectivity index (χ1) is 18.4. The van der Waals surface area contributed by atoms with Gasteiger partial charge in [-0.25, -0.2) is 16.6 Å². The van der Waals surface area contributed by atoms with Crippen molar-refractivity contribution in [3.63, 3.8) is 0 Å². The van der Waals surface area contributed by atoms with Crippen LogP contribution < -0.4 is 10.3 Å². The van der Waals surface area contributed by atoms with Crippen molar-refractivity contribution in [3.05, 3.63) is 76.8 Å². The van der Waals surface area contributed by atoms with Crippen molar-refractivity contribution in [2.75, 3.05) is 32.3 Å². The van der Waals surface area contributed by atoms with Gasteiger partial charge in [0.1, 0.15) is 11.3 Å². The third-order valence-corrected chi connectivity index (χ3v) is 8.98. The van der Waals surface area contributed by atoms with Crippen molar-refractivity contribution in [3.8, 4) is 16.9 Å². The van der Waals surface area contributed by atoms with Gasteiger partial charge in [-0.2, -0.15) is 4.36 Å². The molecule has 1 atom stereocenters. The van der Waals surface area contributed by atoms with E-state index in [1.54, 1.807) is 62.2 Å². The Bertz CT molecular complexity index is 1830. The van der Waals surface area contributed by atoms with Gasteiger partial charge in [-0.05, 0) is 49.7 Å². The van der Waals surface area contributed by atoms with Crippen molar-refractivity contribution in [2.45, 2.75) is 18.2 Å². The molecule has 0 aliphatic carbocycles. The number of benzene rings is 2. The van der Waals surface area contributed by atoms with Crippen LogP contribution in [-0.4, -0.2) is 53.5 Å². The zero-order chi connectivity index (χ0) is 27.9. The lowest BCUT2D eigenvalue weighted by atomic mass is 10.0. The van der Waals surface area contributed by atoms with Crippen LogP contribution in [0.15, 0.2) is 75.0 Å². The van der Waals surface area contributed by atoms with Crippen LogP contribution in [0.4, 0.5) is 5.69 Å². The second-order valence-electron chi connectivity index (χ2n) is 10.1. The molecule has 1 fully saturated rings. The van der Waals surface area contributed by atoms with Gasteiger partial charge < -0.3 is 14.0 Å². The number of hydrogen-bond acceptors (Lipinski definition) is 7. The van der Waals surface area contributed by atoms with E-state index in [0.29, 0.717) is 47.8 Å². The van der Waals surface area contributed by atoms with Gasteiger partial charge in [-0.1, -0.05) is 17.7 Å². The van der Waals surface area contributed by atoms with Crippen LogP contribution in [0.1, 0.15) is 12.0 Å². The summed E-state index contributed by atoms with van der Waals surface area (Å²) >= 11 is 0. The predicted molar refractivity (Wildman–Crippen MR) is 153 cm³/mol. The lowest BCUT2D eigenvalue weighted by molar-refractivity contribution is 0.167. The first kappa shape index (κ1) is 27.2. The molecule has 0 saturated carbocycles. The number of nitrogens with zero attached hydrogens (tertiary/aromatic N) is 3. The van der Waals surface area contributed by atoms with Crippen molar-refractivity contribution in [1.82, 2.24) is 8.54 Å². The molecule has 0 amide bonds. The highest BCUT2D eigenvalue weighted by molar-refractivity contribution is 7.92. The molecule has 2 aromatic carbocycles. The molecule has 1 aliphatic rings. The first-order valence-electron chi connectivity index (χ1n) is 12.5. The summed E-state index contributed by atoms with van der Waals surface area (Å²) < 4.78 is 58.1. The number of hydrogen-bond donors (Lipinski definition) is 0. The summed E-state index contributed by atoms with van der Waals surface area (Å²) in [6.07, 6.45) is 7.07. The Kier molecular flexibility index (Phi) is 7.17. The van der Waals surface area contributed by atoms with E-state index >= 15 is 0 Å². The molecule has 0 spiro atoms. The summed E-state index contributed by atoms with van der Waals surface area (Å²) in [5.41, 5.74) is 2.21. The number of ether oxygens (including phenoxy) is 2. The van der Waals surface area contributed by atoms with E-state index in [4.69, 9.17) is 9.47 Å². The maximum absolute atomic E-state index is 13.6. The molecule has 0 bridgehead atoms. The lowest BCUT2D eigenvalue weighted by Crippen LogP contribution is -2.22. The Morgan fingerprint density at radius 3 is 2.46 bits per heavy atom. The number of aryl methyl sites for hydroxylation is 2. The largest absolute Gasteiger partial charge is 0.493 e. The molecular formula is C28H31N3O6S2. The lowest BCUT2D eigenvalue weighted by Gasteiger charge is -2.16. The Morgan fingerprint density at radius 2 is 1.79 bits per heavy atom. The molecular weight excluding hydrogens is 538 g/mol. The molecule has 1 aliphatic heterocycles. The van der Waals surface area contributed by atoms with Gasteiger partial charge in [0.15, 0.2) is 0 Å². The van der Waals surface area contributed by atoms with E-state index in [0.717, 1.165) is 16.0 Å². The maximum atomic E-state index is 13.6. The molecule has 9 nitrogen and oxygen atoms in total. The van der Waals surface area contributed by atoms with Crippen LogP contribution in [-0.2, 0) is 31.5 Å². The summed E-state index contributed by atoms with van der Waals surface area (Å²) in [4.78, 5) is 13.4. The van der Waals surface area contributed by atoms with Gasteiger partial charge in [0.25, 0.3) is 15.6 Å². The van der Waals surface area contributed by atoms with Crippen molar-refractivity contribution < 1.29 is 22.1 Å². The standard InChI is InChI=1S/C28H31N3O6S2/c1-19-5-8-22(9-6-19)39(34,35)31-13-11-23-25(16-30(2)28(32)27(23)31)24-15-21(29-38(3,4)33)7-10-26(24)37-18-20-12-14-36-17-20/h5-11,13,15-16,20H,12,14,17-18H2,1-4H3. The highest BCUT2D eigenvalue weighted by atomic mass is 32.2. The van der Waals surface area contributed by atoms with E-state index in [2.05, 4.69) is 4.36 Å². The SMILES string of the molecule is Cc1ccc(S(=O)(=O)n2ccc3c(-c4cc(N=S(C)(C)=O)ccc4OCC4CCOC4)cn(C)c(=O)c32)cc1. The fourth-order valence-corrected chi connectivity index (χ4v) is 6.62.